The minimum atomic E-state index is 0.533. The topological polar surface area (TPSA) is 12.0 Å². The highest BCUT2D eigenvalue weighted by Gasteiger charge is 2.35. The van der Waals surface area contributed by atoms with Gasteiger partial charge in [0.2, 0.25) is 0 Å². The maximum absolute atomic E-state index is 3.78. The van der Waals surface area contributed by atoms with Gasteiger partial charge in [0.15, 0.2) is 0 Å². The third-order valence-electron chi connectivity index (χ3n) is 5.54. The molecule has 1 aromatic carbocycles. The van der Waals surface area contributed by atoms with Crippen molar-refractivity contribution >= 4 is 0 Å². The summed E-state index contributed by atoms with van der Waals surface area (Å²) in [7, 11) is 0. The van der Waals surface area contributed by atoms with E-state index in [0.29, 0.717) is 5.41 Å². The minimum Gasteiger partial charge on any atom is -0.314 e. The normalized spacial score (nSPS) is 28.5. The SMILES string of the molecule is Cc1ccc(CC2CC(C)(C)CCC2CNC2CC2)cc1. The number of aryl methyl sites for hydroxylation is 1. The fraction of sp³-hybridized carbons (Fsp3) is 0.700. The molecule has 2 aliphatic rings. The maximum Gasteiger partial charge on any atom is 0.00683 e. The Morgan fingerprint density at radius 3 is 2.43 bits per heavy atom. The molecule has 2 atom stereocenters. The molecule has 2 saturated carbocycles. The van der Waals surface area contributed by atoms with Crippen molar-refractivity contribution in [1.82, 2.24) is 5.32 Å². The molecule has 0 heterocycles. The van der Waals surface area contributed by atoms with Crippen LogP contribution < -0.4 is 5.32 Å². The summed E-state index contributed by atoms with van der Waals surface area (Å²) >= 11 is 0. The predicted molar refractivity (Wildman–Crippen MR) is 90.5 cm³/mol. The van der Waals surface area contributed by atoms with Crippen LogP contribution in [0.3, 0.4) is 0 Å². The lowest BCUT2D eigenvalue weighted by Crippen LogP contribution is -2.37. The van der Waals surface area contributed by atoms with E-state index < -0.39 is 0 Å². The van der Waals surface area contributed by atoms with Crippen LogP contribution in [-0.2, 0) is 6.42 Å². The quantitative estimate of drug-likeness (QED) is 0.824. The molecular formula is C20H31N. The zero-order valence-electron chi connectivity index (χ0n) is 14.0. The monoisotopic (exact) mass is 285 g/mol. The smallest absolute Gasteiger partial charge is 0.00683 e. The highest BCUT2D eigenvalue weighted by molar-refractivity contribution is 5.22. The summed E-state index contributed by atoms with van der Waals surface area (Å²) < 4.78 is 0. The lowest BCUT2D eigenvalue weighted by Gasteiger charge is -2.41. The first-order valence-electron chi connectivity index (χ1n) is 8.81. The van der Waals surface area contributed by atoms with Crippen LogP contribution in [0.2, 0.25) is 0 Å². The number of hydrogen-bond acceptors (Lipinski definition) is 1. The third kappa shape index (κ3) is 4.32. The van der Waals surface area contributed by atoms with Gasteiger partial charge in [-0.05, 0) is 74.8 Å². The Labute approximate surface area is 130 Å². The molecule has 2 fully saturated rings. The van der Waals surface area contributed by atoms with E-state index in [1.165, 1.54) is 56.2 Å². The molecule has 21 heavy (non-hydrogen) atoms. The zero-order valence-corrected chi connectivity index (χ0v) is 14.0. The Kier molecular flexibility index (Phi) is 4.40. The van der Waals surface area contributed by atoms with Crippen LogP contribution in [0.4, 0.5) is 0 Å². The first-order chi connectivity index (χ1) is 10.0. The molecule has 2 aliphatic carbocycles. The van der Waals surface area contributed by atoms with E-state index >= 15 is 0 Å². The summed E-state index contributed by atoms with van der Waals surface area (Å²) in [5.74, 6) is 1.72. The molecule has 3 rings (SSSR count). The fourth-order valence-electron chi connectivity index (χ4n) is 3.93. The van der Waals surface area contributed by atoms with E-state index in [9.17, 15) is 0 Å². The molecule has 0 saturated heterocycles. The molecule has 0 spiro atoms. The summed E-state index contributed by atoms with van der Waals surface area (Å²) in [5.41, 5.74) is 3.43. The van der Waals surface area contributed by atoms with Crippen LogP contribution in [0.5, 0.6) is 0 Å². The molecule has 1 heteroatoms. The summed E-state index contributed by atoms with van der Waals surface area (Å²) in [6.45, 7) is 8.34. The van der Waals surface area contributed by atoms with Crippen molar-refractivity contribution in [1.29, 1.82) is 0 Å². The van der Waals surface area contributed by atoms with Crippen molar-refractivity contribution in [2.24, 2.45) is 17.3 Å². The van der Waals surface area contributed by atoms with E-state index in [1.54, 1.807) is 0 Å². The van der Waals surface area contributed by atoms with E-state index in [0.717, 1.165) is 17.9 Å². The number of hydrogen-bond donors (Lipinski definition) is 1. The van der Waals surface area contributed by atoms with Crippen molar-refractivity contribution < 1.29 is 0 Å². The molecule has 0 bridgehead atoms. The van der Waals surface area contributed by atoms with Gasteiger partial charge >= 0.3 is 0 Å². The Balaban J connectivity index is 1.64. The van der Waals surface area contributed by atoms with E-state index in [2.05, 4.69) is 50.4 Å². The maximum atomic E-state index is 3.78. The minimum absolute atomic E-state index is 0.533. The van der Waals surface area contributed by atoms with Crippen molar-refractivity contribution in [3.05, 3.63) is 35.4 Å². The zero-order chi connectivity index (χ0) is 14.9. The van der Waals surface area contributed by atoms with Crippen LogP contribution >= 0.6 is 0 Å². The van der Waals surface area contributed by atoms with Crippen molar-refractivity contribution in [3.63, 3.8) is 0 Å². The molecule has 1 aromatic rings. The average Bonchev–Trinajstić information content (AvgIpc) is 3.24. The number of benzene rings is 1. The second-order valence-electron chi connectivity index (χ2n) is 8.30. The number of rotatable bonds is 5. The fourth-order valence-corrected chi connectivity index (χ4v) is 3.93. The standard InChI is InChI=1S/C20H31N/c1-15-4-6-16(7-5-15)12-18-13-20(2,3)11-10-17(18)14-21-19-8-9-19/h4-7,17-19,21H,8-14H2,1-3H3. The molecule has 1 nitrogen and oxygen atoms in total. The Hall–Kier alpha value is -0.820. The molecule has 2 unspecified atom stereocenters. The van der Waals surface area contributed by atoms with Gasteiger partial charge in [-0.15, -0.1) is 0 Å². The summed E-state index contributed by atoms with van der Waals surface area (Å²) in [4.78, 5) is 0. The first kappa shape index (κ1) is 15.1. The number of nitrogens with one attached hydrogen (secondary N) is 1. The van der Waals surface area contributed by atoms with Gasteiger partial charge in [-0.2, -0.15) is 0 Å². The van der Waals surface area contributed by atoms with Gasteiger partial charge in [0.1, 0.15) is 0 Å². The van der Waals surface area contributed by atoms with Crippen LogP contribution in [0.25, 0.3) is 0 Å². The Morgan fingerprint density at radius 1 is 1.05 bits per heavy atom. The predicted octanol–water partition coefficient (Wildman–Crippen LogP) is 4.73. The highest BCUT2D eigenvalue weighted by atomic mass is 14.9. The lowest BCUT2D eigenvalue weighted by atomic mass is 9.65. The summed E-state index contributed by atoms with van der Waals surface area (Å²) in [6, 6.07) is 10.0. The van der Waals surface area contributed by atoms with Gasteiger partial charge in [-0.3, -0.25) is 0 Å². The molecule has 116 valence electrons. The molecule has 0 radical (unpaired) electrons. The molecule has 0 aromatic heterocycles. The van der Waals surface area contributed by atoms with Gasteiger partial charge in [0.05, 0.1) is 0 Å². The van der Waals surface area contributed by atoms with Gasteiger partial charge < -0.3 is 5.32 Å². The molecule has 0 amide bonds. The summed E-state index contributed by atoms with van der Waals surface area (Å²) in [6.07, 6.45) is 8.26. The van der Waals surface area contributed by atoms with Crippen molar-refractivity contribution in [2.45, 2.75) is 65.3 Å². The molecule has 0 aliphatic heterocycles. The highest BCUT2D eigenvalue weighted by Crippen LogP contribution is 2.43. The summed E-state index contributed by atoms with van der Waals surface area (Å²) in [5, 5.41) is 3.78. The van der Waals surface area contributed by atoms with Crippen LogP contribution in [0, 0.1) is 24.2 Å². The van der Waals surface area contributed by atoms with Crippen molar-refractivity contribution in [3.8, 4) is 0 Å². The second kappa shape index (κ2) is 6.12. The van der Waals surface area contributed by atoms with Gasteiger partial charge in [-0.25, -0.2) is 0 Å². The average molecular weight is 285 g/mol. The van der Waals surface area contributed by atoms with Gasteiger partial charge in [-0.1, -0.05) is 43.7 Å². The van der Waals surface area contributed by atoms with Crippen LogP contribution in [-0.4, -0.2) is 12.6 Å². The Bertz CT molecular complexity index is 453. The van der Waals surface area contributed by atoms with Gasteiger partial charge in [0, 0.05) is 6.04 Å². The molecule has 1 N–H and O–H groups in total. The molecular weight excluding hydrogens is 254 g/mol. The van der Waals surface area contributed by atoms with Crippen LogP contribution in [0.15, 0.2) is 24.3 Å². The second-order valence-corrected chi connectivity index (χ2v) is 8.30. The first-order valence-corrected chi connectivity index (χ1v) is 8.81. The lowest BCUT2D eigenvalue weighted by molar-refractivity contribution is 0.115. The Morgan fingerprint density at radius 2 is 1.76 bits per heavy atom. The largest absolute Gasteiger partial charge is 0.314 e. The van der Waals surface area contributed by atoms with E-state index in [1.807, 2.05) is 0 Å². The van der Waals surface area contributed by atoms with E-state index in [4.69, 9.17) is 0 Å². The van der Waals surface area contributed by atoms with E-state index in [-0.39, 0.29) is 0 Å². The third-order valence-corrected chi connectivity index (χ3v) is 5.54. The van der Waals surface area contributed by atoms with Gasteiger partial charge in [0.25, 0.3) is 0 Å². The van der Waals surface area contributed by atoms with Crippen molar-refractivity contribution in [2.75, 3.05) is 6.54 Å². The van der Waals surface area contributed by atoms with Crippen LogP contribution in [0.1, 0.15) is 57.1 Å².